The molecule has 9 heteroatoms. The standard InChI is InChI=1S/C25H30N8O/c34-23-7-10-32-11-13-33(14-12-32)17-19-3-1-6-22(15-19)30-25-29-18-28-24(31-25)20-4-2-5-21(16-20)26-8-9-27-23/h1-6,15-16,18,26H,7-14,17H2,(H,27,34)(H,28,29,30,31). The largest absolute Gasteiger partial charge is 0.383 e. The van der Waals surface area contributed by atoms with Crippen LogP contribution in [0.15, 0.2) is 54.9 Å². The first-order valence-corrected chi connectivity index (χ1v) is 11.8. The van der Waals surface area contributed by atoms with E-state index < -0.39 is 0 Å². The summed E-state index contributed by atoms with van der Waals surface area (Å²) in [7, 11) is 0. The van der Waals surface area contributed by atoms with Gasteiger partial charge in [-0.3, -0.25) is 9.69 Å². The van der Waals surface area contributed by atoms with Crippen LogP contribution in [0.2, 0.25) is 0 Å². The Labute approximate surface area is 199 Å². The van der Waals surface area contributed by atoms with E-state index in [4.69, 9.17) is 0 Å². The number of amides is 1. The van der Waals surface area contributed by atoms with Gasteiger partial charge in [-0.1, -0.05) is 24.3 Å². The highest BCUT2D eigenvalue weighted by molar-refractivity contribution is 5.76. The lowest BCUT2D eigenvalue weighted by Gasteiger charge is -2.34. The second kappa shape index (κ2) is 10.6. The molecule has 9 nitrogen and oxygen atoms in total. The molecule has 0 atom stereocenters. The molecule has 3 aliphatic rings. The van der Waals surface area contributed by atoms with Gasteiger partial charge in [0.2, 0.25) is 11.9 Å². The van der Waals surface area contributed by atoms with E-state index in [2.05, 4.69) is 58.9 Å². The third-order valence-electron chi connectivity index (χ3n) is 6.18. The van der Waals surface area contributed by atoms with E-state index in [1.54, 1.807) is 0 Å². The molecule has 3 aliphatic heterocycles. The number of fused-ring (bicyclic) bond motifs is 8. The van der Waals surface area contributed by atoms with Crippen LogP contribution >= 0.6 is 0 Å². The Balaban J connectivity index is 1.38. The highest BCUT2D eigenvalue weighted by Crippen LogP contribution is 2.21. The minimum atomic E-state index is 0.0992. The van der Waals surface area contributed by atoms with E-state index in [-0.39, 0.29) is 5.91 Å². The molecule has 8 bridgehead atoms. The van der Waals surface area contributed by atoms with Gasteiger partial charge in [-0.05, 0) is 29.8 Å². The number of hydrogen-bond acceptors (Lipinski definition) is 8. The molecular formula is C25H30N8O. The SMILES string of the molecule is O=C1CCN2CCN(CC2)Cc2cccc(c2)Nc2ncnc(n2)-c2cccc(c2)NCCN1. The lowest BCUT2D eigenvalue weighted by atomic mass is 10.1. The van der Waals surface area contributed by atoms with Gasteiger partial charge < -0.3 is 20.9 Å². The second-order valence-corrected chi connectivity index (χ2v) is 8.68. The molecule has 0 radical (unpaired) electrons. The van der Waals surface area contributed by atoms with Crippen molar-refractivity contribution in [2.45, 2.75) is 13.0 Å². The average Bonchev–Trinajstić information content (AvgIpc) is 2.86. The normalized spacial score (nSPS) is 21.2. The van der Waals surface area contributed by atoms with E-state index in [9.17, 15) is 4.79 Å². The lowest BCUT2D eigenvalue weighted by Crippen LogP contribution is -2.46. The third kappa shape index (κ3) is 5.86. The third-order valence-corrected chi connectivity index (χ3v) is 6.18. The van der Waals surface area contributed by atoms with Crippen molar-refractivity contribution in [3.8, 4) is 11.4 Å². The Hall–Kier alpha value is -3.56. The molecule has 3 N–H and O–H groups in total. The molecule has 2 aromatic carbocycles. The van der Waals surface area contributed by atoms with Crippen molar-refractivity contribution < 1.29 is 4.79 Å². The summed E-state index contributed by atoms with van der Waals surface area (Å²) in [6.45, 7) is 6.89. The monoisotopic (exact) mass is 458 g/mol. The summed E-state index contributed by atoms with van der Waals surface area (Å²) >= 11 is 0. The van der Waals surface area contributed by atoms with Gasteiger partial charge in [0.1, 0.15) is 6.33 Å². The molecule has 0 saturated carbocycles. The zero-order chi connectivity index (χ0) is 23.2. The molecular weight excluding hydrogens is 428 g/mol. The Morgan fingerprint density at radius 1 is 0.794 bits per heavy atom. The molecule has 1 aromatic heterocycles. The molecule has 0 aliphatic carbocycles. The Kier molecular flexibility index (Phi) is 6.92. The summed E-state index contributed by atoms with van der Waals surface area (Å²) in [6.07, 6.45) is 2.06. The van der Waals surface area contributed by atoms with E-state index in [0.717, 1.165) is 56.2 Å². The Morgan fingerprint density at radius 3 is 2.50 bits per heavy atom. The minimum absolute atomic E-state index is 0.0992. The van der Waals surface area contributed by atoms with Gasteiger partial charge in [-0.2, -0.15) is 4.98 Å². The maximum atomic E-state index is 12.3. The fourth-order valence-corrected chi connectivity index (χ4v) is 4.33. The van der Waals surface area contributed by atoms with Gasteiger partial charge in [0.25, 0.3) is 0 Å². The second-order valence-electron chi connectivity index (χ2n) is 8.68. The van der Waals surface area contributed by atoms with Gasteiger partial charge in [-0.15, -0.1) is 0 Å². The number of anilines is 3. The van der Waals surface area contributed by atoms with Crippen LogP contribution in [0.5, 0.6) is 0 Å². The smallest absolute Gasteiger partial charge is 0.230 e. The van der Waals surface area contributed by atoms with Crippen LogP contribution in [0.4, 0.5) is 17.3 Å². The summed E-state index contributed by atoms with van der Waals surface area (Å²) < 4.78 is 0. The number of nitrogens with zero attached hydrogens (tertiary/aromatic N) is 5. The highest BCUT2D eigenvalue weighted by atomic mass is 16.1. The average molecular weight is 459 g/mol. The Bertz CT molecular complexity index is 1130. The summed E-state index contributed by atoms with van der Waals surface area (Å²) in [4.78, 5) is 30.4. The van der Waals surface area contributed by atoms with Crippen molar-refractivity contribution in [1.29, 1.82) is 0 Å². The quantitative estimate of drug-likeness (QED) is 0.472. The maximum absolute atomic E-state index is 12.3. The van der Waals surface area contributed by atoms with Crippen LogP contribution in [0, 0.1) is 0 Å². The van der Waals surface area contributed by atoms with Crippen molar-refractivity contribution in [1.82, 2.24) is 30.1 Å². The van der Waals surface area contributed by atoms with Crippen LogP contribution in [0.1, 0.15) is 12.0 Å². The summed E-state index contributed by atoms with van der Waals surface area (Å²) in [5.41, 5.74) is 4.05. The predicted molar refractivity (Wildman–Crippen MR) is 133 cm³/mol. The molecule has 176 valence electrons. The topological polar surface area (TPSA) is 98.3 Å². The zero-order valence-electron chi connectivity index (χ0n) is 19.2. The fourth-order valence-electron chi connectivity index (χ4n) is 4.33. The summed E-state index contributed by atoms with van der Waals surface area (Å²) in [5.74, 6) is 1.21. The molecule has 1 saturated heterocycles. The molecule has 3 aromatic rings. The van der Waals surface area contributed by atoms with Gasteiger partial charge in [-0.25, -0.2) is 9.97 Å². The number of carbonyl (C=O) groups is 1. The number of rotatable bonds is 0. The molecule has 1 fully saturated rings. The number of piperazine rings is 1. The van der Waals surface area contributed by atoms with Crippen LogP contribution in [-0.2, 0) is 11.3 Å². The van der Waals surface area contributed by atoms with Gasteiger partial charge >= 0.3 is 0 Å². The van der Waals surface area contributed by atoms with Crippen LogP contribution in [0.25, 0.3) is 11.4 Å². The Morgan fingerprint density at radius 2 is 1.59 bits per heavy atom. The highest BCUT2D eigenvalue weighted by Gasteiger charge is 2.18. The zero-order valence-corrected chi connectivity index (χ0v) is 19.2. The molecule has 1 amide bonds. The number of nitrogens with one attached hydrogen (secondary N) is 3. The van der Waals surface area contributed by atoms with Crippen LogP contribution < -0.4 is 16.0 Å². The summed E-state index contributed by atoms with van der Waals surface area (Å²) in [6, 6.07) is 16.3. The number of benzene rings is 2. The molecule has 34 heavy (non-hydrogen) atoms. The van der Waals surface area contributed by atoms with E-state index in [1.807, 2.05) is 30.3 Å². The summed E-state index contributed by atoms with van der Waals surface area (Å²) in [5, 5.41) is 9.71. The number of carbonyl (C=O) groups excluding carboxylic acids is 1. The van der Waals surface area contributed by atoms with Crippen molar-refractivity contribution >= 4 is 23.2 Å². The first-order valence-electron chi connectivity index (χ1n) is 11.8. The van der Waals surface area contributed by atoms with Crippen LogP contribution in [0.3, 0.4) is 0 Å². The first kappa shape index (κ1) is 22.2. The predicted octanol–water partition coefficient (Wildman–Crippen LogP) is 2.33. The van der Waals surface area contributed by atoms with E-state index in [1.165, 1.54) is 11.9 Å². The van der Waals surface area contributed by atoms with Crippen LogP contribution in [-0.4, -0.2) is 76.5 Å². The van der Waals surface area contributed by atoms with Crippen molar-refractivity contribution in [2.75, 3.05) is 56.4 Å². The molecule has 0 unspecified atom stereocenters. The number of hydrogen-bond donors (Lipinski definition) is 3. The van der Waals surface area contributed by atoms with Crippen molar-refractivity contribution in [3.05, 3.63) is 60.4 Å². The maximum Gasteiger partial charge on any atom is 0.230 e. The minimum Gasteiger partial charge on any atom is -0.383 e. The molecule has 0 spiro atoms. The van der Waals surface area contributed by atoms with Gasteiger partial charge in [0.05, 0.1) is 0 Å². The lowest BCUT2D eigenvalue weighted by molar-refractivity contribution is -0.121. The number of aromatic nitrogens is 3. The van der Waals surface area contributed by atoms with E-state index in [0.29, 0.717) is 31.3 Å². The van der Waals surface area contributed by atoms with E-state index >= 15 is 0 Å². The molecule has 4 heterocycles. The van der Waals surface area contributed by atoms with Crippen molar-refractivity contribution in [2.24, 2.45) is 0 Å². The first-order chi connectivity index (χ1) is 16.7. The fraction of sp³-hybridized carbons (Fsp3) is 0.360. The van der Waals surface area contributed by atoms with Gasteiger partial charge in [0, 0.05) is 75.7 Å². The molecule has 6 rings (SSSR count). The van der Waals surface area contributed by atoms with Crippen molar-refractivity contribution in [3.63, 3.8) is 0 Å². The van der Waals surface area contributed by atoms with Gasteiger partial charge in [0.15, 0.2) is 5.82 Å².